The minimum absolute atomic E-state index is 0.0162. The molecule has 0 unspecified atom stereocenters. The number of nitrogens with zero attached hydrogens (tertiary/aromatic N) is 2. The third-order valence-electron chi connectivity index (χ3n) is 6.38. The molecule has 9 heteroatoms. The normalized spacial score (nSPS) is 18.9. The van der Waals surface area contributed by atoms with E-state index in [9.17, 15) is 9.59 Å². The van der Waals surface area contributed by atoms with Crippen LogP contribution >= 0.6 is 11.3 Å². The molecule has 2 aromatic heterocycles. The largest absolute Gasteiger partial charge is 0.455 e. The van der Waals surface area contributed by atoms with Crippen LogP contribution in [0.25, 0.3) is 10.8 Å². The monoisotopic (exact) mass is 461 g/mol. The molecule has 2 aromatic rings. The molecule has 1 amide bonds. The van der Waals surface area contributed by atoms with Crippen LogP contribution in [0, 0.1) is 6.92 Å². The van der Waals surface area contributed by atoms with Crippen LogP contribution in [0.4, 0.5) is 0 Å². The third kappa shape index (κ3) is 5.57. The van der Waals surface area contributed by atoms with Gasteiger partial charge in [-0.1, -0.05) is 25.3 Å². The van der Waals surface area contributed by atoms with Gasteiger partial charge in [-0.15, -0.1) is 11.3 Å². The number of amides is 1. The number of carbonyl (C=O) groups excluding carboxylic acids is 2. The highest BCUT2D eigenvalue weighted by Gasteiger charge is 2.38. The first-order valence-electron chi connectivity index (χ1n) is 11.3. The van der Waals surface area contributed by atoms with Crippen LogP contribution < -0.4 is 5.32 Å². The summed E-state index contributed by atoms with van der Waals surface area (Å²) in [4.78, 5) is 32.5. The number of hydrogen-bond donors (Lipinski definition) is 1. The lowest BCUT2D eigenvalue weighted by Crippen LogP contribution is -2.59. The van der Waals surface area contributed by atoms with Crippen molar-refractivity contribution in [3.05, 3.63) is 29.0 Å². The summed E-state index contributed by atoms with van der Waals surface area (Å²) in [6.45, 7) is 5.34. The van der Waals surface area contributed by atoms with Crippen molar-refractivity contribution in [3.8, 4) is 10.8 Å². The second-order valence-corrected chi connectivity index (χ2v) is 9.45. The van der Waals surface area contributed by atoms with Crippen LogP contribution in [0.2, 0.25) is 0 Å². The van der Waals surface area contributed by atoms with E-state index in [0.29, 0.717) is 23.9 Å². The zero-order valence-electron chi connectivity index (χ0n) is 18.6. The van der Waals surface area contributed by atoms with Gasteiger partial charge >= 0.3 is 5.97 Å². The quantitative estimate of drug-likeness (QED) is 0.604. The minimum atomic E-state index is -0.491. The minimum Gasteiger partial charge on any atom is -0.455 e. The van der Waals surface area contributed by atoms with Crippen molar-refractivity contribution < 1.29 is 23.5 Å². The van der Waals surface area contributed by atoms with E-state index in [1.54, 1.807) is 6.92 Å². The summed E-state index contributed by atoms with van der Waals surface area (Å²) >= 11 is 1.52. The molecular formula is C23H31N3O5S. The van der Waals surface area contributed by atoms with Gasteiger partial charge in [0.1, 0.15) is 5.76 Å². The van der Waals surface area contributed by atoms with Gasteiger partial charge in [-0.05, 0) is 31.2 Å². The maximum absolute atomic E-state index is 12.4. The molecule has 1 aliphatic carbocycles. The van der Waals surface area contributed by atoms with E-state index in [4.69, 9.17) is 13.9 Å². The highest BCUT2D eigenvalue weighted by molar-refractivity contribution is 7.13. The SMILES string of the molecule is Cc1oc(-c2cccs2)nc1CC(=O)OCC(=O)NCC1(N2CCOCC2)CCCCC1. The zero-order valence-corrected chi connectivity index (χ0v) is 19.4. The fraction of sp³-hybridized carbons (Fsp3) is 0.609. The highest BCUT2D eigenvalue weighted by Crippen LogP contribution is 2.34. The lowest BCUT2D eigenvalue weighted by atomic mass is 9.79. The summed E-state index contributed by atoms with van der Waals surface area (Å²) in [5, 5.41) is 4.95. The standard InChI is InChI=1S/C23H31N3O5S/c1-17-18(25-22(31-17)19-6-5-13-32-19)14-21(28)30-15-20(27)24-16-23(7-3-2-4-8-23)26-9-11-29-12-10-26/h5-6,13H,2-4,7-12,14-16H2,1H3,(H,24,27). The second kappa shape index (κ2) is 10.6. The number of thiophene rings is 1. The van der Waals surface area contributed by atoms with Crippen LogP contribution in [-0.2, 0) is 25.5 Å². The van der Waals surface area contributed by atoms with Crippen molar-refractivity contribution in [1.82, 2.24) is 15.2 Å². The molecule has 2 aliphatic rings. The molecule has 32 heavy (non-hydrogen) atoms. The zero-order chi connectivity index (χ0) is 22.4. The molecule has 1 N–H and O–H groups in total. The topological polar surface area (TPSA) is 93.9 Å². The van der Waals surface area contributed by atoms with E-state index in [2.05, 4.69) is 15.2 Å². The van der Waals surface area contributed by atoms with Crippen molar-refractivity contribution >= 4 is 23.2 Å². The number of aromatic nitrogens is 1. The average molecular weight is 462 g/mol. The number of aryl methyl sites for hydroxylation is 1. The number of esters is 1. The van der Waals surface area contributed by atoms with Crippen molar-refractivity contribution in [2.45, 2.75) is 51.0 Å². The number of ether oxygens (including phenoxy) is 2. The molecule has 0 bridgehead atoms. The number of nitrogens with one attached hydrogen (secondary N) is 1. The highest BCUT2D eigenvalue weighted by atomic mass is 32.1. The Morgan fingerprint density at radius 2 is 2.03 bits per heavy atom. The Labute approximate surface area is 192 Å². The molecular weight excluding hydrogens is 430 g/mol. The van der Waals surface area contributed by atoms with Gasteiger partial charge < -0.3 is 19.2 Å². The van der Waals surface area contributed by atoms with Gasteiger partial charge in [-0.3, -0.25) is 14.5 Å². The van der Waals surface area contributed by atoms with Crippen LogP contribution in [0.5, 0.6) is 0 Å². The van der Waals surface area contributed by atoms with E-state index in [1.165, 1.54) is 30.6 Å². The first-order chi connectivity index (χ1) is 15.6. The summed E-state index contributed by atoms with van der Waals surface area (Å²) in [6.07, 6.45) is 5.72. The van der Waals surface area contributed by atoms with Crippen LogP contribution in [-0.4, -0.2) is 66.8 Å². The van der Waals surface area contributed by atoms with Gasteiger partial charge in [0, 0.05) is 25.2 Å². The fourth-order valence-corrected chi connectivity index (χ4v) is 5.25. The predicted molar refractivity (Wildman–Crippen MR) is 120 cm³/mol. The molecule has 1 saturated carbocycles. The molecule has 0 radical (unpaired) electrons. The van der Waals surface area contributed by atoms with Crippen molar-refractivity contribution in [2.24, 2.45) is 0 Å². The molecule has 0 aromatic carbocycles. The molecule has 174 valence electrons. The molecule has 3 heterocycles. The van der Waals surface area contributed by atoms with Crippen LogP contribution in [0.15, 0.2) is 21.9 Å². The number of morpholine rings is 1. The first kappa shape index (κ1) is 22.9. The van der Waals surface area contributed by atoms with Gasteiger partial charge in [-0.25, -0.2) is 4.98 Å². The van der Waals surface area contributed by atoms with E-state index in [-0.39, 0.29) is 24.5 Å². The van der Waals surface area contributed by atoms with Crippen molar-refractivity contribution in [3.63, 3.8) is 0 Å². The van der Waals surface area contributed by atoms with Gasteiger partial charge in [0.2, 0.25) is 5.89 Å². The number of rotatable bonds is 8. The van der Waals surface area contributed by atoms with E-state index in [0.717, 1.165) is 44.0 Å². The summed E-state index contributed by atoms with van der Waals surface area (Å²) in [6, 6.07) is 3.83. The predicted octanol–water partition coefficient (Wildman–Crippen LogP) is 2.95. The summed E-state index contributed by atoms with van der Waals surface area (Å²) in [5.74, 6) is 0.320. The Kier molecular flexibility index (Phi) is 7.59. The number of carbonyl (C=O) groups is 2. The molecule has 1 aliphatic heterocycles. The first-order valence-corrected chi connectivity index (χ1v) is 12.2. The fourth-order valence-electron chi connectivity index (χ4n) is 4.60. The number of hydrogen-bond acceptors (Lipinski definition) is 8. The molecule has 2 fully saturated rings. The Balaban J connectivity index is 1.26. The van der Waals surface area contributed by atoms with Gasteiger partial charge in [0.25, 0.3) is 5.91 Å². The third-order valence-corrected chi connectivity index (χ3v) is 7.24. The van der Waals surface area contributed by atoms with E-state index in [1.807, 2.05) is 17.5 Å². The number of oxazole rings is 1. The van der Waals surface area contributed by atoms with Crippen LogP contribution in [0.3, 0.4) is 0 Å². The van der Waals surface area contributed by atoms with E-state index < -0.39 is 5.97 Å². The molecule has 0 spiro atoms. The van der Waals surface area contributed by atoms with E-state index >= 15 is 0 Å². The van der Waals surface area contributed by atoms with Gasteiger partial charge in [0.15, 0.2) is 6.61 Å². The lowest BCUT2D eigenvalue weighted by molar-refractivity contribution is -0.148. The van der Waals surface area contributed by atoms with Gasteiger partial charge in [0.05, 0.1) is 30.2 Å². The summed E-state index contributed by atoms with van der Waals surface area (Å²) in [5.41, 5.74) is 0.518. The lowest BCUT2D eigenvalue weighted by Gasteiger charge is -2.48. The van der Waals surface area contributed by atoms with Crippen molar-refractivity contribution in [2.75, 3.05) is 39.5 Å². The Morgan fingerprint density at radius 3 is 2.75 bits per heavy atom. The Hall–Kier alpha value is -2.23. The molecule has 8 nitrogen and oxygen atoms in total. The smallest absolute Gasteiger partial charge is 0.312 e. The summed E-state index contributed by atoms with van der Waals surface area (Å²) < 4.78 is 16.4. The molecule has 0 atom stereocenters. The van der Waals surface area contributed by atoms with Crippen molar-refractivity contribution in [1.29, 1.82) is 0 Å². The Bertz CT molecular complexity index is 899. The average Bonchev–Trinajstić information content (AvgIpc) is 3.48. The summed E-state index contributed by atoms with van der Waals surface area (Å²) in [7, 11) is 0. The molecule has 4 rings (SSSR count). The second-order valence-electron chi connectivity index (χ2n) is 8.50. The molecule has 1 saturated heterocycles. The van der Waals surface area contributed by atoms with Gasteiger partial charge in [-0.2, -0.15) is 0 Å². The van der Waals surface area contributed by atoms with Crippen LogP contribution in [0.1, 0.15) is 43.6 Å². The Morgan fingerprint density at radius 1 is 1.25 bits per heavy atom. The maximum Gasteiger partial charge on any atom is 0.312 e. The maximum atomic E-state index is 12.4.